The Morgan fingerprint density at radius 3 is 1.64 bits per heavy atom. The molecule has 2 aliphatic heterocycles. The molecule has 45 heavy (non-hydrogen) atoms. The Hall–Kier alpha value is -4.98. The second kappa shape index (κ2) is 13.3. The second-order valence-electron chi connectivity index (χ2n) is 12.4. The molecule has 2 aliphatic rings. The molecule has 5 rings (SSSR count). The number of piperazine rings is 1. The topological polar surface area (TPSA) is 87.2 Å². The molecule has 0 radical (unpaired) electrons. The van der Waals surface area contributed by atoms with Crippen LogP contribution in [0.4, 0.5) is 4.79 Å². The van der Waals surface area contributed by atoms with E-state index in [1.54, 1.807) is 51.4 Å². The van der Waals surface area contributed by atoms with E-state index in [-0.39, 0.29) is 24.0 Å². The van der Waals surface area contributed by atoms with E-state index in [2.05, 4.69) is 0 Å². The van der Waals surface area contributed by atoms with Gasteiger partial charge in [-0.25, -0.2) is 4.79 Å². The Morgan fingerprint density at radius 2 is 1.16 bits per heavy atom. The molecule has 2 heterocycles. The summed E-state index contributed by atoms with van der Waals surface area (Å²) in [5, 5.41) is 0. The van der Waals surface area contributed by atoms with E-state index in [4.69, 9.17) is 4.74 Å². The minimum atomic E-state index is -0.629. The van der Waals surface area contributed by atoms with E-state index in [9.17, 15) is 19.2 Å². The van der Waals surface area contributed by atoms with Crippen molar-refractivity contribution in [2.24, 2.45) is 0 Å². The van der Waals surface area contributed by atoms with Crippen LogP contribution in [0.3, 0.4) is 0 Å². The lowest BCUT2D eigenvalue weighted by Gasteiger charge is -2.37. The number of benzene rings is 3. The molecule has 0 unspecified atom stereocenters. The maximum atomic E-state index is 14.2. The lowest BCUT2D eigenvalue weighted by molar-refractivity contribution is -0.133. The van der Waals surface area contributed by atoms with Gasteiger partial charge in [-0.3, -0.25) is 14.4 Å². The van der Waals surface area contributed by atoms with Crippen molar-refractivity contribution >= 4 is 23.6 Å². The van der Waals surface area contributed by atoms with Gasteiger partial charge in [0.05, 0.1) is 0 Å². The number of ether oxygens (including phenoxy) is 1. The van der Waals surface area contributed by atoms with Gasteiger partial charge in [0.15, 0.2) is 11.6 Å². The fourth-order valence-electron chi connectivity index (χ4n) is 5.66. The molecule has 0 atom stereocenters. The summed E-state index contributed by atoms with van der Waals surface area (Å²) in [6.07, 6.45) is 3.03. The van der Waals surface area contributed by atoms with Crippen LogP contribution < -0.4 is 0 Å². The predicted octanol–water partition coefficient (Wildman–Crippen LogP) is 6.01. The lowest BCUT2D eigenvalue weighted by Crippen LogP contribution is -2.53. The molecule has 1 saturated heterocycles. The summed E-state index contributed by atoms with van der Waals surface area (Å²) in [4.78, 5) is 59.4. The Bertz CT molecular complexity index is 1560. The van der Waals surface area contributed by atoms with E-state index in [0.29, 0.717) is 48.5 Å². The third-order valence-electron chi connectivity index (χ3n) is 7.93. The normalized spacial score (nSPS) is 15.7. The van der Waals surface area contributed by atoms with Crippen LogP contribution in [0.1, 0.15) is 58.5 Å². The van der Waals surface area contributed by atoms with Gasteiger partial charge < -0.3 is 19.4 Å². The van der Waals surface area contributed by atoms with Crippen molar-refractivity contribution in [3.05, 3.63) is 131 Å². The zero-order valence-electron chi connectivity index (χ0n) is 26.2. The van der Waals surface area contributed by atoms with Gasteiger partial charge in [-0.05, 0) is 38.8 Å². The smallest absolute Gasteiger partial charge is 0.410 e. The summed E-state index contributed by atoms with van der Waals surface area (Å²) in [5.41, 5.74) is 3.04. The number of hydrogen-bond acceptors (Lipinski definition) is 6. The van der Waals surface area contributed by atoms with Crippen molar-refractivity contribution < 1.29 is 23.9 Å². The third kappa shape index (κ3) is 7.40. The van der Waals surface area contributed by atoms with Crippen molar-refractivity contribution in [3.8, 4) is 0 Å². The molecule has 3 aromatic carbocycles. The maximum absolute atomic E-state index is 14.2. The van der Waals surface area contributed by atoms with Crippen LogP contribution >= 0.6 is 0 Å². The quantitative estimate of drug-likeness (QED) is 0.307. The number of nitrogens with zero attached hydrogens (tertiary/aromatic N) is 3. The number of carbonyl (C=O) groups excluding carboxylic acids is 4. The van der Waals surface area contributed by atoms with Crippen LogP contribution in [0.25, 0.3) is 0 Å². The van der Waals surface area contributed by atoms with Crippen LogP contribution in [0.5, 0.6) is 0 Å². The van der Waals surface area contributed by atoms with Gasteiger partial charge in [0.25, 0.3) is 0 Å². The number of hydrogen-bond donors (Lipinski definition) is 0. The van der Waals surface area contributed by atoms with Crippen molar-refractivity contribution in [2.45, 2.75) is 39.2 Å². The van der Waals surface area contributed by atoms with Crippen molar-refractivity contribution in [3.63, 3.8) is 0 Å². The van der Waals surface area contributed by atoms with E-state index >= 15 is 0 Å². The molecule has 3 aromatic rings. The highest BCUT2D eigenvalue weighted by atomic mass is 16.6. The van der Waals surface area contributed by atoms with Gasteiger partial charge in [-0.15, -0.1) is 0 Å². The highest BCUT2D eigenvalue weighted by Gasteiger charge is 2.36. The van der Waals surface area contributed by atoms with Crippen LogP contribution in [-0.4, -0.2) is 76.6 Å². The number of ketones is 2. The number of allylic oxidation sites excluding steroid dienone is 2. The van der Waals surface area contributed by atoms with Gasteiger partial charge in [-0.1, -0.05) is 84.9 Å². The van der Waals surface area contributed by atoms with Crippen LogP contribution in [0.15, 0.2) is 108 Å². The molecule has 0 saturated carbocycles. The molecule has 8 heteroatoms. The summed E-state index contributed by atoms with van der Waals surface area (Å²) in [6, 6.07) is 25.7. The molecule has 0 aromatic heterocycles. The summed E-state index contributed by atoms with van der Waals surface area (Å²) in [6.45, 7) is 8.80. The number of Topliss-reactive ketones (excluding diaryl/α,β-unsaturated/α-hetero) is 2. The predicted molar refractivity (Wildman–Crippen MR) is 173 cm³/mol. The summed E-state index contributed by atoms with van der Waals surface area (Å²) in [7, 11) is 0. The molecule has 2 amide bonds. The van der Waals surface area contributed by atoms with Crippen LogP contribution in [0.2, 0.25) is 0 Å². The van der Waals surface area contributed by atoms with Gasteiger partial charge in [0.2, 0.25) is 5.91 Å². The number of carbonyl (C=O) groups is 4. The third-order valence-corrected chi connectivity index (χ3v) is 7.93. The Labute approximate surface area is 264 Å². The van der Waals surface area contributed by atoms with Crippen LogP contribution in [0, 0.1) is 6.92 Å². The molecule has 1 fully saturated rings. The zero-order valence-corrected chi connectivity index (χ0v) is 26.2. The molecular weight excluding hydrogens is 566 g/mol. The highest BCUT2D eigenvalue weighted by molar-refractivity contribution is 6.15. The van der Waals surface area contributed by atoms with Gasteiger partial charge in [-0.2, -0.15) is 0 Å². The summed E-state index contributed by atoms with van der Waals surface area (Å²) < 4.78 is 5.49. The Kier molecular flexibility index (Phi) is 9.32. The monoisotopic (exact) mass is 605 g/mol. The van der Waals surface area contributed by atoms with E-state index in [1.807, 2.05) is 88.4 Å². The molecule has 0 spiro atoms. The zero-order chi connectivity index (χ0) is 32.1. The van der Waals surface area contributed by atoms with E-state index < -0.39 is 17.6 Å². The van der Waals surface area contributed by atoms with Crippen molar-refractivity contribution in [1.29, 1.82) is 0 Å². The minimum Gasteiger partial charge on any atom is -0.444 e. The largest absolute Gasteiger partial charge is 0.444 e. The van der Waals surface area contributed by atoms with Gasteiger partial charge in [0.1, 0.15) is 12.1 Å². The SMILES string of the molecule is Cc1ccccc1C1C(C(=O)c2ccccc2)=CN(CC(=O)N2CCN(C(=O)OC(C)(C)C)CC2)C=C1C(=O)c1ccccc1. The first-order chi connectivity index (χ1) is 21.5. The second-order valence-corrected chi connectivity index (χ2v) is 12.4. The number of rotatable bonds is 7. The standard InChI is InChI=1S/C37H39N3O5/c1-26-13-11-12-18-29(26)33-30(34(42)27-14-7-5-8-15-27)23-38(24-31(33)35(43)28-16-9-6-10-17-28)25-32(41)39-19-21-40(22-20-39)36(44)45-37(2,3)4/h5-18,23-24,33H,19-22,25H2,1-4H3. The highest BCUT2D eigenvalue weighted by Crippen LogP contribution is 2.40. The van der Waals surface area contributed by atoms with Crippen LogP contribution in [-0.2, 0) is 9.53 Å². The van der Waals surface area contributed by atoms with Crippen molar-refractivity contribution in [1.82, 2.24) is 14.7 Å². The lowest BCUT2D eigenvalue weighted by atomic mass is 9.76. The first-order valence-corrected chi connectivity index (χ1v) is 15.2. The van der Waals surface area contributed by atoms with Gasteiger partial charge in [0, 0.05) is 66.8 Å². The average Bonchev–Trinajstić information content (AvgIpc) is 3.04. The molecule has 8 nitrogen and oxygen atoms in total. The van der Waals surface area contributed by atoms with E-state index in [0.717, 1.165) is 11.1 Å². The van der Waals surface area contributed by atoms with Gasteiger partial charge >= 0.3 is 6.09 Å². The molecule has 0 aliphatic carbocycles. The maximum Gasteiger partial charge on any atom is 0.410 e. The molecule has 0 bridgehead atoms. The minimum absolute atomic E-state index is 0.0654. The Morgan fingerprint density at radius 1 is 0.689 bits per heavy atom. The van der Waals surface area contributed by atoms with Crippen molar-refractivity contribution in [2.75, 3.05) is 32.7 Å². The molecule has 0 N–H and O–H groups in total. The fourth-order valence-corrected chi connectivity index (χ4v) is 5.66. The summed E-state index contributed by atoms with van der Waals surface area (Å²) >= 11 is 0. The first kappa shape index (κ1) is 31.4. The first-order valence-electron chi connectivity index (χ1n) is 15.2. The van der Waals surface area contributed by atoms with E-state index in [1.165, 1.54) is 0 Å². The molecular formula is C37H39N3O5. The average molecular weight is 606 g/mol. The Balaban J connectivity index is 1.47. The number of amides is 2. The number of aryl methyl sites for hydroxylation is 1. The summed E-state index contributed by atoms with van der Waals surface area (Å²) in [5.74, 6) is -1.22. The molecule has 232 valence electrons. The fraction of sp³-hybridized carbons (Fsp3) is 0.297.